The number of piperidine rings is 2. The number of hydrogen-bond acceptors (Lipinski definition) is 7. The molecule has 54 heavy (non-hydrogen) atoms. The lowest BCUT2D eigenvalue weighted by Crippen LogP contribution is -2.50. The van der Waals surface area contributed by atoms with Crippen LogP contribution in [0.2, 0.25) is 0 Å². The second-order valence-corrected chi connectivity index (χ2v) is 16.7. The molecule has 3 aliphatic heterocycles. The van der Waals surface area contributed by atoms with Crippen LogP contribution in [0.5, 0.6) is 0 Å². The average molecular weight is 732 g/mol. The fourth-order valence-corrected chi connectivity index (χ4v) is 9.40. The summed E-state index contributed by atoms with van der Waals surface area (Å²) in [5.41, 5.74) is 8.80. The van der Waals surface area contributed by atoms with Crippen molar-refractivity contribution < 1.29 is 14.4 Å². The fourth-order valence-electron chi connectivity index (χ4n) is 9.40. The van der Waals surface area contributed by atoms with Gasteiger partial charge in [-0.3, -0.25) is 38.8 Å². The summed E-state index contributed by atoms with van der Waals surface area (Å²) in [6.45, 7) is 10.5. The number of nitrogens with zero attached hydrogens (tertiary/aromatic N) is 6. The first kappa shape index (κ1) is 34.6. The summed E-state index contributed by atoms with van der Waals surface area (Å²) in [5.74, 6) is -0.0833. The van der Waals surface area contributed by atoms with Crippen LogP contribution >= 0.6 is 0 Å². The maximum Gasteiger partial charge on any atom is 0.329 e. The number of hydrogen-bond donors (Lipinski definition) is 3. The van der Waals surface area contributed by atoms with Crippen molar-refractivity contribution in [3.63, 3.8) is 0 Å². The van der Waals surface area contributed by atoms with Crippen LogP contribution in [0.15, 0.2) is 47.3 Å². The molecule has 13 heteroatoms. The number of aromatic nitrogens is 5. The minimum atomic E-state index is -0.696. The van der Waals surface area contributed by atoms with Crippen LogP contribution in [0.4, 0.5) is 5.69 Å². The SMILES string of the molecule is Cn1c(=O)n([C@@H]2CCC(=O)NC2=O)c2cccc(N3CCC(CN4CCN(C(=O)c5ccc6cc(-c7n[nH]c8c7CCC(C)(C)C8)[nH]c6c5)CC4)CC3)c21. The molecule has 3 amide bonds. The third kappa shape index (κ3) is 6.11. The van der Waals surface area contributed by atoms with E-state index in [0.29, 0.717) is 31.0 Å². The third-order valence-corrected chi connectivity index (χ3v) is 12.5. The van der Waals surface area contributed by atoms with E-state index >= 15 is 0 Å². The normalized spacial score (nSPS) is 21.2. The van der Waals surface area contributed by atoms with E-state index in [1.807, 2.05) is 35.2 Å². The van der Waals surface area contributed by atoms with Crippen molar-refractivity contribution in [2.45, 2.75) is 64.8 Å². The largest absolute Gasteiger partial charge is 0.370 e. The number of imide groups is 1. The maximum absolute atomic E-state index is 13.7. The van der Waals surface area contributed by atoms with Gasteiger partial charge in [-0.2, -0.15) is 5.10 Å². The van der Waals surface area contributed by atoms with Gasteiger partial charge in [-0.1, -0.05) is 26.0 Å². The average Bonchev–Trinajstić information content (AvgIpc) is 3.85. The van der Waals surface area contributed by atoms with E-state index in [4.69, 9.17) is 5.10 Å². The molecule has 282 valence electrons. The van der Waals surface area contributed by atoms with E-state index in [2.05, 4.69) is 51.2 Å². The van der Waals surface area contributed by atoms with E-state index in [1.54, 1.807) is 16.2 Å². The summed E-state index contributed by atoms with van der Waals surface area (Å²) in [5, 5.41) is 11.5. The Morgan fingerprint density at radius 3 is 2.52 bits per heavy atom. The van der Waals surface area contributed by atoms with Gasteiger partial charge in [-0.15, -0.1) is 0 Å². The summed E-state index contributed by atoms with van der Waals surface area (Å²) < 4.78 is 3.20. The lowest BCUT2D eigenvalue weighted by Gasteiger charge is -2.39. The van der Waals surface area contributed by atoms with Crippen LogP contribution in [0.1, 0.15) is 73.6 Å². The molecule has 13 nitrogen and oxygen atoms in total. The van der Waals surface area contributed by atoms with Crippen LogP contribution in [-0.2, 0) is 29.5 Å². The molecular formula is C41H49N9O4. The first-order valence-electron chi connectivity index (χ1n) is 19.5. The van der Waals surface area contributed by atoms with Crippen LogP contribution in [-0.4, -0.2) is 97.7 Å². The molecule has 0 saturated carbocycles. The van der Waals surface area contributed by atoms with Crippen LogP contribution in [0.3, 0.4) is 0 Å². The number of benzene rings is 2. The lowest BCUT2D eigenvalue weighted by atomic mass is 9.76. The molecule has 6 heterocycles. The quantitative estimate of drug-likeness (QED) is 0.220. The van der Waals surface area contributed by atoms with Gasteiger partial charge in [-0.05, 0) is 80.2 Å². The molecule has 2 aromatic carbocycles. The fraction of sp³-hybridized carbons (Fsp3) is 0.488. The number of piperazine rings is 1. The molecule has 1 atom stereocenters. The van der Waals surface area contributed by atoms with Crippen LogP contribution < -0.4 is 15.9 Å². The van der Waals surface area contributed by atoms with Crippen molar-refractivity contribution in [2.75, 3.05) is 50.7 Å². The zero-order chi connectivity index (χ0) is 37.3. The highest BCUT2D eigenvalue weighted by atomic mass is 16.2. The standard InChI is InChI=1S/C41H49N9O4/c1-41(2)14-11-28-31(23-41)44-45-36(28)30-21-26-7-8-27(22-29(26)42-30)39(53)49-19-17-47(18-20-49)24-25-12-15-48(16-13-25)32-5-4-6-33-37(32)46(3)40(54)50(33)34-9-10-35(51)43-38(34)52/h4-8,21-22,25,34,42H,9-20,23-24H2,1-3H3,(H,44,45)(H,43,51,52)/t34-/m1/s1. The highest BCUT2D eigenvalue weighted by molar-refractivity contribution is 6.01. The Balaban J connectivity index is 0.805. The molecule has 9 rings (SSSR count). The summed E-state index contributed by atoms with van der Waals surface area (Å²) >= 11 is 0. The highest BCUT2D eigenvalue weighted by Crippen LogP contribution is 2.38. The van der Waals surface area contributed by atoms with Crippen molar-refractivity contribution in [2.24, 2.45) is 18.4 Å². The first-order valence-corrected chi connectivity index (χ1v) is 19.5. The van der Waals surface area contributed by atoms with Gasteiger partial charge in [0.15, 0.2) is 0 Å². The Kier molecular flexibility index (Phi) is 8.51. The smallest absolute Gasteiger partial charge is 0.329 e. The number of fused-ring (bicyclic) bond motifs is 3. The molecule has 3 fully saturated rings. The van der Waals surface area contributed by atoms with Gasteiger partial charge in [0, 0.05) is 87.0 Å². The van der Waals surface area contributed by atoms with Gasteiger partial charge in [-0.25, -0.2) is 4.79 Å². The van der Waals surface area contributed by atoms with Crippen LogP contribution in [0.25, 0.3) is 33.3 Å². The molecule has 0 unspecified atom stereocenters. The van der Waals surface area contributed by atoms with Crippen molar-refractivity contribution in [1.82, 2.24) is 39.4 Å². The summed E-state index contributed by atoms with van der Waals surface area (Å²) in [6, 6.07) is 13.3. The second kappa shape index (κ2) is 13.3. The van der Waals surface area contributed by atoms with E-state index in [1.165, 1.54) is 11.3 Å². The van der Waals surface area contributed by atoms with E-state index in [9.17, 15) is 19.2 Å². The van der Waals surface area contributed by atoms with E-state index in [0.717, 1.165) is 104 Å². The number of rotatable bonds is 6. The van der Waals surface area contributed by atoms with Crippen LogP contribution in [0, 0.1) is 11.3 Å². The topological polar surface area (TPSA) is 144 Å². The first-order chi connectivity index (χ1) is 26.0. The second-order valence-electron chi connectivity index (χ2n) is 16.7. The molecule has 0 bridgehead atoms. The number of imidazole rings is 1. The Morgan fingerprint density at radius 2 is 1.74 bits per heavy atom. The molecule has 0 spiro atoms. The molecule has 3 N–H and O–H groups in total. The number of H-pyrrole nitrogens is 2. The minimum absolute atomic E-state index is 0.0791. The van der Waals surface area contributed by atoms with Crippen molar-refractivity contribution >= 4 is 45.3 Å². The molecule has 5 aromatic rings. The van der Waals surface area contributed by atoms with Gasteiger partial charge in [0.05, 0.1) is 22.4 Å². The van der Waals surface area contributed by atoms with Gasteiger partial charge in [0.25, 0.3) is 5.91 Å². The molecule has 3 saturated heterocycles. The predicted molar refractivity (Wildman–Crippen MR) is 208 cm³/mol. The summed E-state index contributed by atoms with van der Waals surface area (Å²) in [4.78, 5) is 62.0. The lowest BCUT2D eigenvalue weighted by molar-refractivity contribution is -0.135. The Morgan fingerprint density at radius 1 is 0.944 bits per heavy atom. The van der Waals surface area contributed by atoms with Crippen molar-refractivity contribution in [3.8, 4) is 11.4 Å². The number of amides is 3. The number of aryl methyl sites for hydroxylation is 1. The number of aromatic amines is 2. The molecule has 3 aromatic heterocycles. The Bertz CT molecular complexity index is 2350. The van der Waals surface area contributed by atoms with E-state index in [-0.39, 0.29) is 29.3 Å². The van der Waals surface area contributed by atoms with Crippen molar-refractivity contribution in [3.05, 3.63) is 69.8 Å². The van der Waals surface area contributed by atoms with E-state index < -0.39 is 11.9 Å². The molecule has 0 radical (unpaired) electrons. The zero-order valence-electron chi connectivity index (χ0n) is 31.4. The van der Waals surface area contributed by atoms with Crippen molar-refractivity contribution in [1.29, 1.82) is 0 Å². The number of anilines is 1. The Hall–Kier alpha value is -5.17. The van der Waals surface area contributed by atoms with Gasteiger partial charge < -0.3 is 14.8 Å². The predicted octanol–water partition coefficient (Wildman–Crippen LogP) is 4.38. The maximum atomic E-state index is 13.7. The zero-order valence-corrected chi connectivity index (χ0v) is 31.4. The number of nitrogens with one attached hydrogen (secondary N) is 3. The third-order valence-electron chi connectivity index (χ3n) is 12.5. The number of para-hydroxylation sites is 1. The molecule has 4 aliphatic rings. The van der Waals surface area contributed by atoms with Gasteiger partial charge >= 0.3 is 5.69 Å². The molecule has 1 aliphatic carbocycles. The molecular weight excluding hydrogens is 683 g/mol. The minimum Gasteiger partial charge on any atom is -0.370 e. The van der Waals surface area contributed by atoms with Gasteiger partial charge in [0.2, 0.25) is 11.8 Å². The van der Waals surface area contributed by atoms with Gasteiger partial charge in [0.1, 0.15) is 11.7 Å². The number of carbonyl (C=O) groups excluding carboxylic acids is 3. The monoisotopic (exact) mass is 731 g/mol. The highest BCUT2D eigenvalue weighted by Gasteiger charge is 2.33. The summed E-state index contributed by atoms with van der Waals surface area (Å²) in [7, 11) is 1.76. The Labute approximate surface area is 313 Å². The summed E-state index contributed by atoms with van der Waals surface area (Å²) in [6.07, 6.45) is 5.78. The number of carbonyl (C=O) groups is 3.